The van der Waals surface area contributed by atoms with Crippen molar-refractivity contribution in [1.29, 1.82) is 0 Å². The summed E-state index contributed by atoms with van der Waals surface area (Å²) in [6.45, 7) is -0.274. The minimum atomic E-state index is -1.34. The summed E-state index contributed by atoms with van der Waals surface area (Å²) in [5.41, 5.74) is 9.21. The number of carboxylic acid groups (broad SMARTS) is 1. The van der Waals surface area contributed by atoms with Crippen LogP contribution in [-0.4, -0.2) is 42.4 Å². The Labute approximate surface area is 155 Å². The number of amides is 3. The Balaban J connectivity index is 1.67. The van der Waals surface area contributed by atoms with Gasteiger partial charge in [0.15, 0.2) is 0 Å². The number of ether oxygens (including phenoxy) is 1. The van der Waals surface area contributed by atoms with Crippen LogP contribution in [0.1, 0.15) is 17.0 Å². The van der Waals surface area contributed by atoms with Crippen molar-refractivity contribution >= 4 is 18.1 Å². The summed E-state index contributed by atoms with van der Waals surface area (Å²) >= 11 is 0. The lowest BCUT2D eigenvalue weighted by atomic mass is 9.98. The van der Waals surface area contributed by atoms with E-state index in [1.807, 2.05) is 48.5 Å². The van der Waals surface area contributed by atoms with Crippen LogP contribution in [0.4, 0.5) is 9.59 Å². The van der Waals surface area contributed by atoms with Gasteiger partial charge in [0, 0.05) is 5.92 Å². The predicted octanol–water partition coefficient (Wildman–Crippen LogP) is 1.65. The van der Waals surface area contributed by atoms with E-state index in [0.717, 1.165) is 22.3 Å². The largest absolute Gasteiger partial charge is 0.480 e. The van der Waals surface area contributed by atoms with Gasteiger partial charge in [-0.1, -0.05) is 48.5 Å². The first-order chi connectivity index (χ1) is 13.0. The van der Waals surface area contributed by atoms with Crippen LogP contribution >= 0.6 is 0 Å². The first-order valence-corrected chi connectivity index (χ1v) is 8.35. The number of aliphatic carboxylic acids is 1. The van der Waals surface area contributed by atoms with Crippen LogP contribution in [0.5, 0.6) is 0 Å². The number of carbonyl (C=O) groups is 3. The quantitative estimate of drug-likeness (QED) is 0.615. The smallest absolute Gasteiger partial charge is 0.407 e. The van der Waals surface area contributed by atoms with Gasteiger partial charge in [0.1, 0.15) is 12.6 Å². The van der Waals surface area contributed by atoms with Crippen molar-refractivity contribution in [3.63, 3.8) is 0 Å². The molecule has 0 radical (unpaired) electrons. The topological polar surface area (TPSA) is 131 Å². The average molecular weight is 369 g/mol. The van der Waals surface area contributed by atoms with E-state index in [2.05, 4.69) is 10.6 Å². The van der Waals surface area contributed by atoms with Crippen molar-refractivity contribution in [2.45, 2.75) is 12.0 Å². The SMILES string of the molecule is NC(=O)NC[C@H](NC(=O)OCC1c2ccccc2-c2ccccc21)C(=O)O. The van der Waals surface area contributed by atoms with Gasteiger partial charge in [-0.3, -0.25) is 0 Å². The Hall–Kier alpha value is -3.55. The molecule has 0 bridgehead atoms. The monoisotopic (exact) mass is 369 g/mol. The Morgan fingerprint density at radius 3 is 2.11 bits per heavy atom. The Bertz CT molecular complexity index is 838. The highest BCUT2D eigenvalue weighted by molar-refractivity contribution is 5.82. The molecule has 3 amide bonds. The minimum Gasteiger partial charge on any atom is -0.480 e. The summed E-state index contributed by atoms with van der Waals surface area (Å²) in [4.78, 5) is 33.9. The van der Waals surface area contributed by atoms with Crippen molar-refractivity contribution in [1.82, 2.24) is 10.6 Å². The molecule has 0 fully saturated rings. The number of nitrogens with one attached hydrogen (secondary N) is 2. The highest BCUT2D eigenvalue weighted by atomic mass is 16.5. The number of nitrogens with two attached hydrogens (primary N) is 1. The normalized spacial score (nSPS) is 13.2. The number of urea groups is 1. The molecule has 1 aliphatic carbocycles. The molecule has 0 unspecified atom stereocenters. The lowest BCUT2D eigenvalue weighted by Crippen LogP contribution is -2.49. The fraction of sp³-hybridized carbons (Fsp3) is 0.211. The molecule has 0 saturated heterocycles. The first-order valence-electron chi connectivity index (χ1n) is 8.35. The van der Waals surface area contributed by atoms with Crippen LogP contribution in [0, 0.1) is 0 Å². The van der Waals surface area contributed by atoms with E-state index in [4.69, 9.17) is 15.6 Å². The van der Waals surface area contributed by atoms with E-state index in [9.17, 15) is 14.4 Å². The number of benzene rings is 2. The van der Waals surface area contributed by atoms with E-state index >= 15 is 0 Å². The van der Waals surface area contributed by atoms with E-state index in [0.29, 0.717) is 0 Å². The number of alkyl carbamates (subject to hydrolysis) is 1. The van der Waals surface area contributed by atoms with E-state index in [-0.39, 0.29) is 19.1 Å². The molecule has 8 nitrogen and oxygen atoms in total. The van der Waals surface area contributed by atoms with Gasteiger partial charge in [0.05, 0.1) is 6.54 Å². The molecule has 5 N–H and O–H groups in total. The molecule has 0 aliphatic heterocycles. The molecule has 2 aromatic carbocycles. The van der Waals surface area contributed by atoms with Gasteiger partial charge in [0.2, 0.25) is 0 Å². The van der Waals surface area contributed by atoms with Gasteiger partial charge >= 0.3 is 18.1 Å². The maximum absolute atomic E-state index is 12.0. The summed E-state index contributed by atoms with van der Waals surface area (Å²) in [5, 5.41) is 13.5. The molecule has 0 aromatic heterocycles. The third kappa shape index (κ3) is 4.00. The van der Waals surface area contributed by atoms with Gasteiger partial charge in [0.25, 0.3) is 0 Å². The van der Waals surface area contributed by atoms with Crippen molar-refractivity contribution < 1.29 is 24.2 Å². The molecule has 0 heterocycles. The second kappa shape index (κ2) is 7.77. The third-order valence-electron chi connectivity index (χ3n) is 4.41. The molecule has 8 heteroatoms. The number of primary amides is 1. The zero-order valence-corrected chi connectivity index (χ0v) is 14.3. The molecule has 27 heavy (non-hydrogen) atoms. The highest BCUT2D eigenvalue weighted by Gasteiger charge is 2.29. The number of carboxylic acids is 1. The number of rotatable bonds is 6. The van der Waals surface area contributed by atoms with Crippen LogP contribution in [0.25, 0.3) is 11.1 Å². The van der Waals surface area contributed by atoms with Gasteiger partial charge in [-0.15, -0.1) is 0 Å². The van der Waals surface area contributed by atoms with Crippen molar-refractivity contribution in [2.24, 2.45) is 5.73 Å². The van der Waals surface area contributed by atoms with Crippen LogP contribution in [0.3, 0.4) is 0 Å². The zero-order valence-electron chi connectivity index (χ0n) is 14.3. The zero-order chi connectivity index (χ0) is 19.4. The number of hydrogen-bond acceptors (Lipinski definition) is 4. The van der Waals surface area contributed by atoms with Crippen LogP contribution in [-0.2, 0) is 9.53 Å². The number of carbonyl (C=O) groups excluding carboxylic acids is 2. The third-order valence-corrected chi connectivity index (χ3v) is 4.41. The molecule has 1 aliphatic rings. The van der Waals surface area contributed by atoms with Gasteiger partial charge < -0.3 is 26.2 Å². The minimum absolute atomic E-state index is 0.0649. The van der Waals surface area contributed by atoms with E-state index in [1.54, 1.807) is 0 Å². The second-order valence-corrected chi connectivity index (χ2v) is 6.11. The molecule has 3 rings (SSSR count). The second-order valence-electron chi connectivity index (χ2n) is 6.11. The van der Waals surface area contributed by atoms with Crippen molar-refractivity contribution in [3.8, 4) is 11.1 Å². The van der Waals surface area contributed by atoms with Crippen LogP contribution < -0.4 is 16.4 Å². The fourth-order valence-corrected chi connectivity index (χ4v) is 3.19. The van der Waals surface area contributed by atoms with E-state index in [1.165, 1.54) is 0 Å². The van der Waals surface area contributed by atoms with Crippen molar-refractivity contribution in [3.05, 3.63) is 59.7 Å². The Kier molecular flexibility index (Phi) is 5.25. The summed E-state index contributed by atoms with van der Waals surface area (Å²) in [6, 6.07) is 13.5. The number of fused-ring (bicyclic) bond motifs is 3. The Morgan fingerprint density at radius 2 is 1.59 bits per heavy atom. The molecule has 0 spiro atoms. The molecule has 2 aromatic rings. The fourth-order valence-electron chi connectivity index (χ4n) is 3.19. The van der Waals surface area contributed by atoms with Crippen LogP contribution in [0.15, 0.2) is 48.5 Å². The van der Waals surface area contributed by atoms with Crippen LogP contribution in [0.2, 0.25) is 0 Å². The molecule has 1 atom stereocenters. The maximum atomic E-state index is 12.0. The molecular weight excluding hydrogens is 350 g/mol. The van der Waals surface area contributed by atoms with Gasteiger partial charge in [-0.2, -0.15) is 0 Å². The number of hydrogen-bond donors (Lipinski definition) is 4. The van der Waals surface area contributed by atoms with E-state index < -0.39 is 24.1 Å². The molecular formula is C19H19N3O5. The van der Waals surface area contributed by atoms with Gasteiger partial charge in [-0.25, -0.2) is 14.4 Å². The average Bonchev–Trinajstić information content (AvgIpc) is 2.97. The first kappa shape index (κ1) is 18.2. The maximum Gasteiger partial charge on any atom is 0.407 e. The van der Waals surface area contributed by atoms with Crippen molar-refractivity contribution in [2.75, 3.05) is 13.2 Å². The summed E-state index contributed by atoms with van der Waals surface area (Å²) in [6.07, 6.45) is -0.879. The molecule has 0 saturated carbocycles. The summed E-state index contributed by atoms with van der Waals surface area (Å²) in [7, 11) is 0. The lowest BCUT2D eigenvalue weighted by molar-refractivity contribution is -0.139. The Morgan fingerprint density at radius 1 is 1.04 bits per heavy atom. The summed E-state index contributed by atoms with van der Waals surface area (Å²) in [5.74, 6) is -1.44. The van der Waals surface area contributed by atoms with Gasteiger partial charge in [-0.05, 0) is 22.3 Å². The lowest BCUT2D eigenvalue weighted by Gasteiger charge is -2.17. The predicted molar refractivity (Wildman–Crippen MR) is 97.2 cm³/mol. The highest BCUT2D eigenvalue weighted by Crippen LogP contribution is 2.44. The summed E-state index contributed by atoms with van der Waals surface area (Å²) < 4.78 is 5.27. The molecule has 140 valence electrons. The standard InChI is InChI=1S/C19H19N3O5/c20-18(25)21-9-16(17(23)24)22-19(26)27-10-15-13-7-3-1-5-11(13)12-6-2-4-8-14(12)15/h1-8,15-16H,9-10H2,(H,22,26)(H,23,24)(H3,20,21,25)/t16-/m0/s1.